The number of anilines is 2. The number of hydrogen-bond donors (Lipinski definition) is 10. The fourth-order valence-corrected chi connectivity index (χ4v) is 8.07. The summed E-state index contributed by atoms with van der Waals surface area (Å²) < 4.78 is 45.0. The van der Waals surface area contributed by atoms with E-state index in [-0.39, 0.29) is 49.3 Å². The van der Waals surface area contributed by atoms with Gasteiger partial charge >= 0.3 is 12.1 Å². The van der Waals surface area contributed by atoms with E-state index in [1.54, 1.807) is 42.5 Å². The van der Waals surface area contributed by atoms with Crippen molar-refractivity contribution in [3.8, 4) is 5.75 Å². The lowest BCUT2D eigenvalue weighted by Crippen LogP contribution is -2.60. The lowest BCUT2D eigenvalue weighted by molar-refractivity contribution is -0.688. The maximum atomic E-state index is 13.3. The van der Waals surface area contributed by atoms with Crippen LogP contribution in [-0.2, 0) is 40.0 Å². The average molecular weight is 1040 g/mol. The number of alkyl halides is 3. The number of carboxylic acid groups (broad SMARTS) is 1. The number of unbranched alkanes of at least 4 members (excludes halogenated alkanes) is 1. The van der Waals surface area contributed by atoms with E-state index in [1.807, 2.05) is 34.0 Å². The number of aliphatic carboxylic acids is 1. The highest BCUT2D eigenvalue weighted by Gasteiger charge is 2.45. The van der Waals surface area contributed by atoms with Gasteiger partial charge in [-0.3, -0.25) is 33.7 Å². The van der Waals surface area contributed by atoms with Gasteiger partial charge in [-0.1, -0.05) is 18.9 Å². The van der Waals surface area contributed by atoms with Gasteiger partial charge in [-0.25, -0.2) is 9.36 Å². The molecule has 2 aromatic carbocycles. The molecule has 6 rings (SSSR count). The van der Waals surface area contributed by atoms with Gasteiger partial charge in [-0.05, 0) is 73.7 Å². The Kier molecular flexibility index (Phi) is 21.1. The van der Waals surface area contributed by atoms with Gasteiger partial charge in [0, 0.05) is 85.8 Å². The second-order valence-electron chi connectivity index (χ2n) is 17.5. The number of imide groups is 1. The summed E-state index contributed by atoms with van der Waals surface area (Å²) in [7, 11) is 0. The van der Waals surface area contributed by atoms with Crippen molar-refractivity contribution in [3.63, 3.8) is 0 Å². The first-order chi connectivity index (χ1) is 35.2. The minimum atomic E-state index is -5.08. The van der Waals surface area contributed by atoms with Crippen LogP contribution in [-0.4, -0.2) is 159 Å². The van der Waals surface area contributed by atoms with E-state index in [9.17, 15) is 62.4 Å². The van der Waals surface area contributed by atoms with Gasteiger partial charge in [0.2, 0.25) is 24.0 Å². The third-order valence-corrected chi connectivity index (χ3v) is 12.0. The first-order valence-corrected chi connectivity index (χ1v) is 23.5. The molecule has 2 saturated heterocycles. The summed E-state index contributed by atoms with van der Waals surface area (Å²) in [6, 6.07) is 14.2. The van der Waals surface area contributed by atoms with Crippen molar-refractivity contribution in [2.45, 2.75) is 88.0 Å². The van der Waals surface area contributed by atoms with E-state index in [0.717, 1.165) is 54.7 Å². The first-order valence-electron chi connectivity index (χ1n) is 23.5. The van der Waals surface area contributed by atoms with Gasteiger partial charge in [0.15, 0.2) is 18.9 Å². The molecule has 0 bridgehead atoms. The highest BCUT2D eigenvalue weighted by Crippen LogP contribution is 2.31. The fourth-order valence-electron chi connectivity index (χ4n) is 8.07. The van der Waals surface area contributed by atoms with Crippen LogP contribution in [0.5, 0.6) is 5.75 Å². The third-order valence-electron chi connectivity index (χ3n) is 12.0. The van der Waals surface area contributed by atoms with E-state index in [1.165, 1.54) is 12.1 Å². The highest BCUT2D eigenvalue weighted by molar-refractivity contribution is 6.15. The molecule has 2 fully saturated rings. The maximum Gasteiger partial charge on any atom is 0.490 e. The number of amides is 6. The number of nitrogens with two attached hydrogens (primary N) is 2. The number of piperidine rings is 1. The van der Waals surface area contributed by atoms with Crippen molar-refractivity contribution in [2.24, 2.45) is 11.7 Å². The zero-order valence-corrected chi connectivity index (χ0v) is 39.9. The van der Waals surface area contributed by atoms with E-state index in [4.69, 9.17) is 30.8 Å². The number of pyridine rings is 1. The monoisotopic (exact) mass is 1040 g/mol. The number of likely N-dealkylation sites (tertiary alicyclic amines) is 1. The Morgan fingerprint density at radius 2 is 1.62 bits per heavy atom. The van der Waals surface area contributed by atoms with E-state index in [2.05, 4.69) is 16.0 Å². The molecule has 74 heavy (non-hydrogen) atoms. The Morgan fingerprint density at radius 1 is 0.919 bits per heavy atom. The number of halogens is 3. The lowest BCUT2D eigenvalue weighted by atomic mass is 9.91. The number of carbonyl (C=O) groups is 7. The van der Waals surface area contributed by atoms with E-state index in [0.29, 0.717) is 42.4 Å². The molecule has 12 N–H and O–H groups in total. The summed E-state index contributed by atoms with van der Waals surface area (Å²) in [6.45, 7) is 1.03. The minimum absolute atomic E-state index is 0.00376. The van der Waals surface area contributed by atoms with Crippen molar-refractivity contribution in [1.29, 1.82) is 0 Å². The molecule has 4 heterocycles. The number of benzene rings is 2. The topological polar surface area (TPSA) is 338 Å². The van der Waals surface area contributed by atoms with Crippen LogP contribution >= 0.6 is 0 Å². The Morgan fingerprint density at radius 3 is 2.27 bits per heavy atom. The second kappa shape index (κ2) is 27.1. The number of aromatic nitrogens is 1. The summed E-state index contributed by atoms with van der Waals surface area (Å²) in [5, 5.41) is 56.2. The summed E-state index contributed by atoms with van der Waals surface area (Å²) in [4.78, 5) is 87.3. The molecule has 0 spiro atoms. The number of carboxylic acids is 1. The van der Waals surface area contributed by atoms with Crippen LogP contribution in [0.1, 0.15) is 60.0 Å². The molecule has 400 valence electrons. The van der Waals surface area contributed by atoms with Gasteiger partial charge in [0.1, 0.15) is 36.2 Å². The SMILES string of the molecule is NC[C@@H](C(=O)NCCC(=O)Nc1cc(C[n+]2cccc(/C=C/C(=O)NCCCCC3CCN(C(=O)c4cccc(N)c4)CC3)c2)ccc1O[C@H]1O[C@H](CO)[C@@H](O)[C@H](O)[C@@H]1O)N1C(=O)C=CC1=O.O=C(O)C(F)(F)F. The van der Waals surface area contributed by atoms with Crippen LogP contribution < -0.4 is 36.7 Å². The smallest absolute Gasteiger partial charge is 0.475 e. The zero-order valence-electron chi connectivity index (χ0n) is 39.9. The summed E-state index contributed by atoms with van der Waals surface area (Å²) in [6.07, 6.45) is 0.343. The van der Waals surface area contributed by atoms with Crippen LogP contribution in [0.15, 0.2) is 85.2 Å². The van der Waals surface area contributed by atoms with E-state index >= 15 is 0 Å². The Labute approximate surface area is 422 Å². The van der Waals surface area contributed by atoms with Crippen molar-refractivity contribution in [1.82, 2.24) is 20.4 Å². The Balaban J connectivity index is 0.00000135. The number of nitrogen functional groups attached to an aromatic ring is 1. The normalized spacial score (nSPS) is 20.4. The van der Waals surface area contributed by atoms with Crippen molar-refractivity contribution in [2.75, 3.05) is 50.4 Å². The summed E-state index contributed by atoms with van der Waals surface area (Å²) in [5.74, 6) is -5.13. The zero-order chi connectivity index (χ0) is 54.1. The molecule has 0 radical (unpaired) electrons. The van der Waals surface area contributed by atoms with Gasteiger partial charge in [-0.2, -0.15) is 13.2 Å². The Bertz CT molecular complexity index is 2520. The van der Waals surface area contributed by atoms with Crippen LogP contribution in [0, 0.1) is 5.92 Å². The van der Waals surface area contributed by atoms with Crippen molar-refractivity contribution >= 4 is 58.9 Å². The van der Waals surface area contributed by atoms with Crippen LogP contribution in [0.3, 0.4) is 0 Å². The summed E-state index contributed by atoms with van der Waals surface area (Å²) in [5.41, 5.74) is 14.2. The minimum Gasteiger partial charge on any atom is -0.475 e. The number of ether oxygens (including phenoxy) is 2. The maximum absolute atomic E-state index is 13.3. The van der Waals surface area contributed by atoms with Crippen molar-refractivity contribution in [3.05, 3.63) is 102 Å². The predicted molar refractivity (Wildman–Crippen MR) is 256 cm³/mol. The first kappa shape index (κ1) is 57.6. The molecule has 0 aliphatic carbocycles. The number of aliphatic hydroxyl groups is 4. The van der Waals surface area contributed by atoms with Crippen molar-refractivity contribution < 1.29 is 86.3 Å². The van der Waals surface area contributed by atoms with Gasteiger partial charge in [0.05, 0.1) is 12.3 Å². The molecular weight excluding hydrogens is 982 g/mol. The molecule has 3 aromatic rings. The molecule has 6 atom stereocenters. The molecule has 3 aliphatic heterocycles. The van der Waals surface area contributed by atoms with Gasteiger partial charge in [-0.15, -0.1) is 0 Å². The predicted octanol–water partition coefficient (Wildman–Crippen LogP) is -0.0342. The van der Waals surface area contributed by atoms with Crippen LogP contribution in [0.2, 0.25) is 0 Å². The molecular formula is C49H60F3N8O14+. The third kappa shape index (κ3) is 16.6. The molecule has 25 heteroatoms. The number of hydrogen-bond acceptors (Lipinski definition) is 15. The average Bonchev–Trinajstić information content (AvgIpc) is 3.70. The largest absolute Gasteiger partial charge is 0.490 e. The van der Waals surface area contributed by atoms with Gasteiger partial charge < -0.3 is 67.3 Å². The number of carbonyl (C=O) groups excluding carboxylic acids is 6. The lowest BCUT2D eigenvalue weighted by Gasteiger charge is -2.39. The molecule has 0 saturated carbocycles. The number of aliphatic hydroxyl groups excluding tert-OH is 4. The summed E-state index contributed by atoms with van der Waals surface area (Å²) >= 11 is 0. The highest BCUT2D eigenvalue weighted by atomic mass is 19.4. The van der Waals surface area contributed by atoms with Crippen LogP contribution in [0.4, 0.5) is 24.5 Å². The molecule has 3 aliphatic rings. The second-order valence-corrected chi connectivity index (χ2v) is 17.5. The number of nitrogens with one attached hydrogen (secondary N) is 3. The van der Waals surface area contributed by atoms with Crippen LogP contribution in [0.25, 0.3) is 6.08 Å². The molecule has 22 nitrogen and oxygen atoms in total. The van der Waals surface area contributed by atoms with Gasteiger partial charge in [0.25, 0.3) is 17.7 Å². The Hall–Kier alpha value is -7.29. The quantitative estimate of drug-likeness (QED) is 0.0234. The molecule has 1 aromatic heterocycles. The molecule has 0 unspecified atom stereocenters. The molecule has 6 amide bonds. The number of nitrogens with zero attached hydrogens (tertiary/aromatic N) is 3. The standard InChI is InChI=1S/C47H58N8O12.C2HF3O2/c48-25-35(55-40(59)13-14-41(55)60)45(64)51-19-15-39(58)52-34-23-31(9-11-36(34)66-47-44(63)43(62)42(61)37(28-56)67-47)27-53-20-4-6-30(26-53)10-12-38(57)50-18-2-1-5-29-16-21-54(22-17-29)46(65)32-7-3-8-33(49)24-32;3-2(4,5)1(6)7/h3-4,6-14,20,23-24,26,29,35,37,42-44,47,56,61-63H,1-2,5,15-19,21-22,25,27-28,48-49H2,(H2-,50,51,52,57,58,64);(H,6,7)/p+1/b12-10+;/t35-,37+,42+,43-,44-,47-;/m0./s1. The fraction of sp³-hybridized carbons (Fsp3) is 0.429. The van der Waals surface area contributed by atoms with E-state index < -0.39 is 79.1 Å². The number of rotatable bonds is 20.